The maximum atomic E-state index is 4.35. The Bertz CT molecular complexity index is 363. The lowest BCUT2D eigenvalue weighted by molar-refractivity contribution is 0.191. The van der Waals surface area contributed by atoms with Crippen LogP contribution in [-0.4, -0.2) is 75.2 Å². The molecule has 148 valence electrons. The first-order valence-corrected chi connectivity index (χ1v) is 10.1. The van der Waals surface area contributed by atoms with Crippen LogP contribution < -0.4 is 10.6 Å². The fourth-order valence-corrected chi connectivity index (χ4v) is 3.76. The van der Waals surface area contributed by atoms with Gasteiger partial charge in [0.25, 0.3) is 0 Å². The van der Waals surface area contributed by atoms with Crippen molar-refractivity contribution in [3.8, 4) is 0 Å². The van der Waals surface area contributed by atoms with E-state index in [2.05, 4.69) is 39.3 Å². The number of nitrogens with zero attached hydrogens (tertiary/aromatic N) is 3. The highest BCUT2D eigenvalue weighted by Gasteiger charge is 2.16. The van der Waals surface area contributed by atoms with Gasteiger partial charge in [0.05, 0.1) is 0 Å². The summed E-state index contributed by atoms with van der Waals surface area (Å²) in [5.41, 5.74) is 0. The van der Waals surface area contributed by atoms with E-state index in [9.17, 15) is 0 Å². The molecular weight excluding hydrogens is 425 g/mol. The summed E-state index contributed by atoms with van der Waals surface area (Å²) in [4.78, 5) is 9.55. The van der Waals surface area contributed by atoms with Gasteiger partial charge < -0.3 is 20.4 Å². The first kappa shape index (κ1) is 23.0. The molecule has 2 fully saturated rings. The van der Waals surface area contributed by atoms with Crippen LogP contribution in [0.2, 0.25) is 0 Å². The van der Waals surface area contributed by atoms with Crippen LogP contribution in [0.1, 0.15) is 46.0 Å². The molecule has 1 unspecified atom stereocenters. The lowest BCUT2D eigenvalue weighted by Gasteiger charge is -2.30. The number of hydrogen-bond donors (Lipinski definition) is 2. The summed E-state index contributed by atoms with van der Waals surface area (Å²) in [6, 6.07) is 0. The summed E-state index contributed by atoms with van der Waals surface area (Å²) in [7, 11) is 1.87. The van der Waals surface area contributed by atoms with E-state index in [1.165, 1.54) is 71.4 Å². The Morgan fingerprint density at radius 2 is 1.76 bits per heavy atom. The molecule has 0 radical (unpaired) electrons. The molecule has 25 heavy (non-hydrogen) atoms. The van der Waals surface area contributed by atoms with Gasteiger partial charge in [-0.25, -0.2) is 0 Å². The number of likely N-dealkylation sites (tertiary alicyclic amines) is 2. The summed E-state index contributed by atoms with van der Waals surface area (Å²) in [5, 5.41) is 6.95. The minimum Gasteiger partial charge on any atom is -0.356 e. The summed E-state index contributed by atoms with van der Waals surface area (Å²) in [6.07, 6.45) is 6.67. The van der Waals surface area contributed by atoms with E-state index in [4.69, 9.17) is 0 Å². The normalized spacial score (nSPS) is 21.8. The van der Waals surface area contributed by atoms with Gasteiger partial charge >= 0.3 is 0 Å². The van der Waals surface area contributed by atoms with Gasteiger partial charge in [-0.2, -0.15) is 0 Å². The van der Waals surface area contributed by atoms with Crippen molar-refractivity contribution >= 4 is 29.9 Å². The van der Waals surface area contributed by atoms with E-state index in [1.54, 1.807) is 0 Å². The monoisotopic (exact) mass is 465 g/mol. The Hall–Kier alpha value is -0.0800. The molecule has 1 atom stereocenters. The third-order valence-electron chi connectivity index (χ3n) is 5.43. The van der Waals surface area contributed by atoms with Crippen LogP contribution in [0, 0.1) is 11.8 Å². The number of hydrogen-bond acceptors (Lipinski definition) is 3. The summed E-state index contributed by atoms with van der Waals surface area (Å²) >= 11 is 0. The number of piperidine rings is 1. The fourth-order valence-electron chi connectivity index (χ4n) is 3.76. The SMILES string of the molecule is CN=C(NCCCN1CCC(C)CC1)NCC(C)CN1CCCC1.I. The molecule has 2 saturated heterocycles. The van der Waals surface area contributed by atoms with Gasteiger partial charge in [-0.05, 0) is 76.7 Å². The first-order chi connectivity index (χ1) is 11.7. The summed E-state index contributed by atoms with van der Waals surface area (Å²) in [6.45, 7) is 14.3. The van der Waals surface area contributed by atoms with Gasteiger partial charge in [0.1, 0.15) is 0 Å². The van der Waals surface area contributed by atoms with E-state index >= 15 is 0 Å². The third kappa shape index (κ3) is 9.43. The van der Waals surface area contributed by atoms with E-state index in [0.29, 0.717) is 5.92 Å². The molecule has 0 aromatic carbocycles. The molecule has 2 aliphatic heterocycles. The highest BCUT2D eigenvalue weighted by atomic mass is 127. The average Bonchev–Trinajstić information content (AvgIpc) is 3.08. The van der Waals surface area contributed by atoms with Crippen molar-refractivity contribution in [2.24, 2.45) is 16.8 Å². The molecule has 6 heteroatoms. The van der Waals surface area contributed by atoms with Crippen LogP contribution in [0.3, 0.4) is 0 Å². The van der Waals surface area contributed by atoms with Crippen LogP contribution in [0.4, 0.5) is 0 Å². The lowest BCUT2D eigenvalue weighted by Crippen LogP contribution is -2.42. The molecule has 0 spiro atoms. The zero-order valence-electron chi connectivity index (χ0n) is 16.6. The van der Waals surface area contributed by atoms with Crippen molar-refractivity contribution in [1.29, 1.82) is 0 Å². The van der Waals surface area contributed by atoms with Gasteiger partial charge in [-0.15, -0.1) is 24.0 Å². The van der Waals surface area contributed by atoms with Crippen molar-refractivity contribution in [3.05, 3.63) is 0 Å². The van der Waals surface area contributed by atoms with E-state index in [1.807, 2.05) is 7.05 Å². The second-order valence-corrected chi connectivity index (χ2v) is 7.87. The highest BCUT2D eigenvalue weighted by Crippen LogP contribution is 2.15. The van der Waals surface area contributed by atoms with Gasteiger partial charge in [-0.3, -0.25) is 4.99 Å². The maximum absolute atomic E-state index is 4.35. The van der Waals surface area contributed by atoms with Crippen LogP contribution in [-0.2, 0) is 0 Å². The molecule has 0 amide bonds. The number of halogens is 1. The standard InChI is InChI=1S/C19H39N5.HI/c1-17-7-13-23(14-8-17)12-6-9-21-19(20-3)22-15-18(2)16-24-10-4-5-11-24;/h17-18H,4-16H2,1-3H3,(H2,20,21,22);1H. The van der Waals surface area contributed by atoms with Gasteiger partial charge in [0.2, 0.25) is 0 Å². The number of guanidine groups is 1. The molecular formula is C19H40IN5. The number of rotatable bonds is 8. The molecule has 0 aromatic rings. The van der Waals surface area contributed by atoms with Gasteiger partial charge in [0.15, 0.2) is 5.96 Å². The smallest absolute Gasteiger partial charge is 0.190 e. The van der Waals surface area contributed by atoms with Crippen LogP contribution in [0.25, 0.3) is 0 Å². The minimum absolute atomic E-state index is 0. The summed E-state index contributed by atoms with van der Waals surface area (Å²) in [5.74, 6) is 2.54. The molecule has 2 N–H and O–H groups in total. The number of aliphatic imine (C=N–C) groups is 1. The minimum atomic E-state index is 0. The first-order valence-electron chi connectivity index (χ1n) is 10.1. The lowest BCUT2D eigenvalue weighted by atomic mass is 9.99. The molecule has 0 aromatic heterocycles. The van der Waals surface area contributed by atoms with E-state index in [-0.39, 0.29) is 24.0 Å². The molecule has 2 aliphatic rings. The van der Waals surface area contributed by atoms with Crippen molar-refractivity contribution in [2.75, 3.05) is 59.4 Å². The second kappa shape index (κ2) is 13.1. The van der Waals surface area contributed by atoms with E-state index < -0.39 is 0 Å². The maximum Gasteiger partial charge on any atom is 0.190 e. The third-order valence-corrected chi connectivity index (χ3v) is 5.43. The Morgan fingerprint density at radius 3 is 2.40 bits per heavy atom. The predicted molar refractivity (Wildman–Crippen MR) is 119 cm³/mol. The Morgan fingerprint density at radius 1 is 1.08 bits per heavy atom. The highest BCUT2D eigenvalue weighted by molar-refractivity contribution is 14.0. The predicted octanol–water partition coefficient (Wildman–Crippen LogP) is 2.62. The van der Waals surface area contributed by atoms with E-state index in [0.717, 1.165) is 25.0 Å². The fraction of sp³-hybridized carbons (Fsp3) is 0.947. The second-order valence-electron chi connectivity index (χ2n) is 7.87. The zero-order chi connectivity index (χ0) is 17.2. The van der Waals surface area contributed by atoms with Crippen molar-refractivity contribution < 1.29 is 0 Å². The van der Waals surface area contributed by atoms with Crippen LogP contribution in [0.5, 0.6) is 0 Å². The Kier molecular flexibility index (Phi) is 12.1. The molecule has 0 bridgehead atoms. The number of nitrogens with one attached hydrogen (secondary N) is 2. The zero-order valence-corrected chi connectivity index (χ0v) is 18.9. The molecule has 0 aliphatic carbocycles. The Balaban J connectivity index is 0.00000312. The molecule has 5 nitrogen and oxygen atoms in total. The van der Waals surface area contributed by atoms with Crippen molar-refractivity contribution in [3.63, 3.8) is 0 Å². The van der Waals surface area contributed by atoms with Gasteiger partial charge in [-0.1, -0.05) is 13.8 Å². The van der Waals surface area contributed by atoms with Crippen molar-refractivity contribution in [1.82, 2.24) is 20.4 Å². The summed E-state index contributed by atoms with van der Waals surface area (Å²) < 4.78 is 0. The topological polar surface area (TPSA) is 42.9 Å². The van der Waals surface area contributed by atoms with Crippen LogP contribution in [0.15, 0.2) is 4.99 Å². The average molecular weight is 465 g/mol. The van der Waals surface area contributed by atoms with Crippen LogP contribution >= 0.6 is 24.0 Å². The van der Waals surface area contributed by atoms with Gasteiger partial charge in [0, 0.05) is 26.7 Å². The molecule has 2 heterocycles. The molecule has 2 rings (SSSR count). The Labute approximate surface area is 172 Å². The molecule has 0 saturated carbocycles. The largest absolute Gasteiger partial charge is 0.356 e. The van der Waals surface area contributed by atoms with Crippen molar-refractivity contribution in [2.45, 2.75) is 46.0 Å². The quantitative estimate of drug-likeness (QED) is 0.250.